The monoisotopic (exact) mass is 354 g/mol. The zero-order chi connectivity index (χ0) is 18.9. The fourth-order valence-electron chi connectivity index (χ4n) is 2.34. The zero-order valence-corrected chi connectivity index (χ0v) is 15.0. The molecule has 2 rings (SSSR count). The van der Waals surface area contributed by atoms with Gasteiger partial charge in [0.25, 0.3) is 11.8 Å². The Morgan fingerprint density at radius 3 is 2.42 bits per heavy atom. The van der Waals surface area contributed by atoms with Gasteiger partial charge in [-0.1, -0.05) is 24.3 Å². The quantitative estimate of drug-likeness (QED) is 0.617. The SMILES string of the molecule is COc1ccccc1/C=C/C(=O)NNC(=O)COc1cc(C)cc(C)c1. The average Bonchev–Trinajstić information content (AvgIpc) is 2.62. The smallest absolute Gasteiger partial charge is 0.276 e. The Hall–Kier alpha value is -3.28. The minimum absolute atomic E-state index is 0.195. The molecule has 2 amide bonds. The van der Waals surface area contributed by atoms with Crippen LogP contribution >= 0.6 is 0 Å². The van der Waals surface area contributed by atoms with Crippen LogP contribution in [0.3, 0.4) is 0 Å². The average molecular weight is 354 g/mol. The highest BCUT2D eigenvalue weighted by atomic mass is 16.5. The van der Waals surface area contributed by atoms with Crippen LogP contribution in [0.25, 0.3) is 6.08 Å². The maximum Gasteiger partial charge on any atom is 0.276 e. The number of amides is 2. The number of rotatable bonds is 6. The molecule has 0 fully saturated rings. The maximum atomic E-state index is 11.8. The second-order valence-electron chi connectivity index (χ2n) is 5.72. The summed E-state index contributed by atoms with van der Waals surface area (Å²) in [5, 5.41) is 0. The molecule has 0 aromatic heterocycles. The van der Waals surface area contributed by atoms with E-state index in [2.05, 4.69) is 10.9 Å². The predicted molar refractivity (Wildman–Crippen MR) is 99.7 cm³/mol. The van der Waals surface area contributed by atoms with Crippen LogP contribution in [-0.2, 0) is 9.59 Å². The molecule has 0 bridgehead atoms. The van der Waals surface area contributed by atoms with Gasteiger partial charge >= 0.3 is 0 Å². The molecule has 6 heteroatoms. The van der Waals surface area contributed by atoms with Gasteiger partial charge in [0.05, 0.1) is 7.11 Å². The topological polar surface area (TPSA) is 76.7 Å². The summed E-state index contributed by atoms with van der Waals surface area (Å²) < 4.78 is 10.6. The highest BCUT2D eigenvalue weighted by Crippen LogP contribution is 2.18. The first-order valence-electron chi connectivity index (χ1n) is 8.09. The van der Waals surface area contributed by atoms with E-state index in [9.17, 15) is 9.59 Å². The number of hydrogen-bond donors (Lipinski definition) is 2. The van der Waals surface area contributed by atoms with Crippen molar-refractivity contribution in [1.29, 1.82) is 0 Å². The first kappa shape index (κ1) is 19.1. The van der Waals surface area contributed by atoms with Crippen LogP contribution in [0.15, 0.2) is 48.5 Å². The van der Waals surface area contributed by atoms with E-state index < -0.39 is 11.8 Å². The third-order valence-corrected chi connectivity index (χ3v) is 3.44. The lowest BCUT2D eigenvalue weighted by molar-refractivity contribution is -0.128. The molecule has 0 atom stereocenters. The number of carbonyl (C=O) groups is 2. The molecule has 2 aromatic carbocycles. The van der Waals surface area contributed by atoms with Crippen LogP contribution in [0.1, 0.15) is 16.7 Å². The summed E-state index contributed by atoms with van der Waals surface area (Å²) in [5.74, 6) is 0.348. The van der Waals surface area contributed by atoms with Crippen molar-refractivity contribution in [2.45, 2.75) is 13.8 Å². The normalized spacial score (nSPS) is 10.4. The molecular weight excluding hydrogens is 332 g/mol. The van der Waals surface area contributed by atoms with E-state index in [-0.39, 0.29) is 6.61 Å². The van der Waals surface area contributed by atoms with Gasteiger partial charge in [0.15, 0.2) is 6.61 Å². The van der Waals surface area contributed by atoms with Crippen molar-refractivity contribution >= 4 is 17.9 Å². The Bertz CT molecular complexity index is 795. The lowest BCUT2D eigenvalue weighted by Gasteiger charge is -2.09. The molecule has 6 nitrogen and oxygen atoms in total. The second-order valence-corrected chi connectivity index (χ2v) is 5.72. The summed E-state index contributed by atoms with van der Waals surface area (Å²) in [6, 6.07) is 13.0. The standard InChI is InChI=1S/C20H22N2O4/c1-14-10-15(2)12-17(11-14)26-13-20(24)22-21-19(23)9-8-16-6-4-5-7-18(16)25-3/h4-12H,13H2,1-3H3,(H,21,23)(H,22,24)/b9-8+. The van der Waals surface area contributed by atoms with Crippen molar-refractivity contribution in [2.75, 3.05) is 13.7 Å². The van der Waals surface area contributed by atoms with Crippen molar-refractivity contribution in [3.05, 3.63) is 65.2 Å². The third-order valence-electron chi connectivity index (χ3n) is 3.44. The fourth-order valence-corrected chi connectivity index (χ4v) is 2.34. The molecule has 0 heterocycles. The van der Waals surface area contributed by atoms with E-state index in [1.807, 2.05) is 50.2 Å². The van der Waals surface area contributed by atoms with Crippen molar-refractivity contribution in [2.24, 2.45) is 0 Å². The molecule has 136 valence electrons. The number of carbonyl (C=O) groups excluding carboxylic acids is 2. The van der Waals surface area contributed by atoms with Crippen LogP contribution in [0, 0.1) is 13.8 Å². The maximum absolute atomic E-state index is 11.8. The molecule has 26 heavy (non-hydrogen) atoms. The highest BCUT2D eigenvalue weighted by molar-refractivity contribution is 5.93. The van der Waals surface area contributed by atoms with Crippen LogP contribution in [0.4, 0.5) is 0 Å². The number of methoxy groups -OCH3 is 1. The van der Waals surface area contributed by atoms with Crippen molar-refractivity contribution in [3.63, 3.8) is 0 Å². The Labute approximate surface area is 152 Å². The van der Waals surface area contributed by atoms with E-state index in [1.54, 1.807) is 19.3 Å². The summed E-state index contributed by atoms with van der Waals surface area (Å²) in [5.41, 5.74) is 7.47. The van der Waals surface area contributed by atoms with Gasteiger partial charge in [-0.05, 0) is 49.2 Å². The molecule has 2 aromatic rings. The van der Waals surface area contributed by atoms with Gasteiger partial charge in [-0.25, -0.2) is 0 Å². The number of nitrogens with one attached hydrogen (secondary N) is 2. The van der Waals surface area contributed by atoms with Gasteiger partial charge in [-0.3, -0.25) is 20.4 Å². The van der Waals surface area contributed by atoms with E-state index in [1.165, 1.54) is 6.08 Å². The number of para-hydroxylation sites is 1. The number of benzene rings is 2. The summed E-state index contributed by atoms with van der Waals surface area (Å²) in [6.07, 6.45) is 2.91. The molecule has 0 radical (unpaired) electrons. The fraction of sp³-hybridized carbons (Fsp3) is 0.200. The van der Waals surface area contributed by atoms with Crippen LogP contribution < -0.4 is 20.3 Å². The Morgan fingerprint density at radius 1 is 1.04 bits per heavy atom. The number of ether oxygens (including phenoxy) is 2. The minimum Gasteiger partial charge on any atom is -0.496 e. The van der Waals surface area contributed by atoms with Gasteiger partial charge < -0.3 is 9.47 Å². The van der Waals surface area contributed by atoms with Gasteiger partial charge in [0, 0.05) is 11.6 Å². The van der Waals surface area contributed by atoms with Crippen LogP contribution in [-0.4, -0.2) is 25.5 Å². The summed E-state index contributed by atoms with van der Waals surface area (Å²) >= 11 is 0. The largest absolute Gasteiger partial charge is 0.496 e. The minimum atomic E-state index is -0.462. The first-order chi connectivity index (χ1) is 12.5. The molecule has 0 aliphatic rings. The second kappa shape index (κ2) is 9.27. The van der Waals surface area contributed by atoms with Crippen molar-refractivity contribution < 1.29 is 19.1 Å². The summed E-state index contributed by atoms with van der Waals surface area (Å²) in [4.78, 5) is 23.6. The molecule has 0 spiro atoms. The predicted octanol–water partition coefficient (Wildman–Crippen LogP) is 2.55. The molecule has 2 N–H and O–H groups in total. The van der Waals surface area contributed by atoms with E-state index in [4.69, 9.17) is 9.47 Å². The van der Waals surface area contributed by atoms with Gasteiger partial charge in [-0.2, -0.15) is 0 Å². The Balaban J connectivity index is 1.79. The number of hydrogen-bond acceptors (Lipinski definition) is 4. The van der Waals surface area contributed by atoms with E-state index >= 15 is 0 Å². The number of hydrazine groups is 1. The molecule has 0 unspecified atom stereocenters. The van der Waals surface area contributed by atoms with Crippen LogP contribution in [0.2, 0.25) is 0 Å². The molecular formula is C20H22N2O4. The van der Waals surface area contributed by atoms with Gasteiger partial charge in [-0.15, -0.1) is 0 Å². The summed E-state index contributed by atoms with van der Waals surface area (Å²) in [7, 11) is 1.56. The van der Waals surface area contributed by atoms with Crippen molar-refractivity contribution in [3.8, 4) is 11.5 Å². The Morgan fingerprint density at radius 2 is 1.73 bits per heavy atom. The van der Waals surface area contributed by atoms with Gasteiger partial charge in [0.1, 0.15) is 11.5 Å². The zero-order valence-electron chi connectivity index (χ0n) is 15.0. The third kappa shape index (κ3) is 5.98. The first-order valence-corrected chi connectivity index (χ1v) is 8.09. The van der Waals surface area contributed by atoms with Crippen LogP contribution in [0.5, 0.6) is 11.5 Å². The van der Waals surface area contributed by atoms with Crippen molar-refractivity contribution in [1.82, 2.24) is 10.9 Å². The van der Waals surface area contributed by atoms with E-state index in [0.717, 1.165) is 16.7 Å². The molecule has 0 aliphatic carbocycles. The highest BCUT2D eigenvalue weighted by Gasteiger charge is 2.05. The molecule has 0 saturated carbocycles. The summed E-state index contributed by atoms with van der Waals surface area (Å²) in [6.45, 7) is 3.71. The van der Waals surface area contributed by atoms with E-state index in [0.29, 0.717) is 11.5 Å². The Kier molecular flexibility index (Phi) is 6.79. The number of aryl methyl sites for hydroxylation is 2. The lowest BCUT2D eigenvalue weighted by Crippen LogP contribution is -2.43. The lowest BCUT2D eigenvalue weighted by atomic mass is 10.1. The molecule has 0 aliphatic heterocycles. The molecule has 0 saturated heterocycles. The van der Waals surface area contributed by atoms with Gasteiger partial charge in [0.2, 0.25) is 0 Å².